The number of piperazine rings is 1. The predicted molar refractivity (Wildman–Crippen MR) is 85.2 cm³/mol. The van der Waals surface area contributed by atoms with Crippen molar-refractivity contribution in [3.63, 3.8) is 0 Å². The van der Waals surface area contributed by atoms with Crippen LogP contribution in [0.3, 0.4) is 0 Å². The van der Waals surface area contributed by atoms with E-state index in [1.807, 2.05) is 13.1 Å². The van der Waals surface area contributed by atoms with Gasteiger partial charge in [-0.05, 0) is 57.1 Å². The first-order valence-electron chi connectivity index (χ1n) is 8.12. The van der Waals surface area contributed by atoms with Crippen LogP contribution in [0.15, 0.2) is 18.2 Å². The lowest BCUT2D eigenvalue weighted by molar-refractivity contribution is 0.115. The van der Waals surface area contributed by atoms with Gasteiger partial charge in [-0.3, -0.25) is 4.90 Å². The third-order valence-electron chi connectivity index (χ3n) is 4.91. The molecule has 1 aromatic rings. The summed E-state index contributed by atoms with van der Waals surface area (Å²) in [6.45, 7) is 6.45. The number of hydrogen-bond acceptors (Lipinski definition) is 3. The second kappa shape index (κ2) is 6.32. The highest BCUT2D eigenvalue weighted by molar-refractivity contribution is 5.55. The minimum absolute atomic E-state index is 0.145. The van der Waals surface area contributed by atoms with Gasteiger partial charge >= 0.3 is 0 Å². The van der Waals surface area contributed by atoms with Crippen molar-refractivity contribution in [2.45, 2.75) is 44.8 Å². The first-order chi connectivity index (χ1) is 10.2. The van der Waals surface area contributed by atoms with Crippen LogP contribution < -0.4 is 10.2 Å². The first kappa shape index (κ1) is 14.8. The van der Waals surface area contributed by atoms with Crippen LogP contribution in [0.5, 0.6) is 0 Å². The molecule has 2 aliphatic rings. The third kappa shape index (κ3) is 3.06. The molecule has 2 unspecified atom stereocenters. The summed E-state index contributed by atoms with van der Waals surface area (Å²) in [5.41, 5.74) is 2.26. The molecule has 0 spiro atoms. The maximum absolute atomic E-state index is 13.5. The maximum Gasteiger partial charge on any atom is 0.123 e. The highest BCUT2D eigenvalue weighted by Crippen LogP contribution is 2.30. The van der Waals surface area contributed by atoms with E-state index in [-0.39, 0.29) is 5.82 Å². The van der Waals surface area contributed by atoms with Crippen molar-refractivity contribution in [3.8, 4) is 0 Å². The van der Waals surface area contributed by atoms with Crippen LogP contribution in [-0.2, 0) is 6.54 Å². The highest BCUT2D eigenvalue weighted by Gasteiger charge is 2.33. The van der Waals surface area contributed by atoms with E-state index in [1.54, 1.807) is 12.1 Å². The van der Waals surface area contributed by atoms with Crippen LogP contribution in [0.25, 0.3) is 0 Å². The summed E-state index contributed by atoms with van der Waals surface area (Å²) in [7, 11) is 1.91. The maximum atomic E-state index is 13.5. The molecule has 0 amide bonds. The van der Waals surface area contributed by atoms with Crippen LogP contribution in [0, 0.1) is 5.82 Å². The molecule has 0 saturated carbocycles. The van der Waals surface area contributed by atoms with Gasteiger partial charge in [0.1, 0.15) is 5.82 Å². The van der Waals surface area contributed by atoms with Gasteiger partial charge in [-0.25, -0.2) is 4.39 Å². The molecule has 2 fully saturated rings. The van der Waals surface area contributed by atoms with Gasteiger partial charge in [-0.1, -0.05) is 6.42 Å². The van der Waals surface area contributed by atoms with Gasteiger partial charge in [0.15, 0.2) is 0 Å². The van der Waals surface area contributed by atoms with Crippen molar-refractivity contribution >= 4 is 5.69 Å². The second-order valence-corrected chi connectivity index (χ2v) is 6.45. The summed E-state index contributed by atoms with van der Waals surface area (Å²) in [6, 6.07) is 6.37. The van der Waals surface area contributed by atoms with Gasteiger partial charge in [-0.15, -0.1) is 0 Å². The largest absolute Gasteiger partial charge is 0.366 e. The average molecular weight is 291 g/mol. The Morgan fingerprint density at radius 1 is 1.29 bits per heavy atom. The number of rotatable bonds is 3. The number of fused-ring (bicyclic) bond motifs is 1. The molecule has 0 aromatic heterocycles. The molecule has 3 nitrogen and oxygen atoms in total. The monoisotopic (exact) mass is 291 g/mol. The van der Waals surface area contributed by atoms with Crippen molar-refractivity contribution in [1.29, 1.82) is 0 Å². The van der Waals surface area contributed by atoms with Crippen molar-refractivity contribution in [2.24, 2.45) is 0 Å². The molecule has 2 aliphatic heterocycles. The number of hydrogen-bond donors (Lipinski definition) is 1. The molecular weight excluding hydrogens is 265 g/mol. The molecule has 2 saturated heterocycles. The van der Waals surface area contributed by atoms with Gasteiger partial charge in [0.05, 0.1) is 0 Å². The Bertz CT molecular complexity index is 491. The average Bonchev–Trinajstić information content (AvgIpc) is 2.47. The van der Waals surface area contributed by atoms with Crippen molar-refractivity contribution < 1.29 is 4.39 Å². The molecular formula is C17H26FN3. The van der Waals surface area contributed by atoms with Gasteiger partial charge in [0.2, 0.25) is 0 Å². The molecule has 21 heavy (non-hydrogen) atoms. The second-order valence-electron chi connectivity index (χ2n) is 6.45. The quantitative estimate of drug-likeness (QED) is 0.923. The zero-order valence-electron chi connectivity index (χ0n) is 13.1. The minimum Gasteiger partial charge on any atom is -0.366 e. The molecule has 0 bridgehead atoms. The Morgan fingerprint density at radius 3 is 2.95 bits per heavy atom. The number of benzene rings is 1. The Kier molecular flexibility index (Phi) is 4.45. The summed E-state index contributed by atoms with van der Waals surface area (Å²) < 4.78 is 13.5. The third-order valence-corrected chi connectivity index (χ3v) is 4.91. The highest BCUT2D eigenvalue weighted by atomic mass is 19.1. The molecule has 0 radical (unpaired) electrons. The van der Waals surface area contributed by atoms with E-state index in [2.05, 4.69) is 22.0 Å². The standard InChI is InChI=1S/C17H26FN3/c1-13-11-20-8-4-3-5-16(20)12-21(13)17-7-6-15(18)9-14(17)10-19-2/h6-7,9,13,16,19H,3-5,8,10-12H2,1-2H3. The van der Waals surface area contributed by atoms with Crippen LogP contribution >= 0.6 is 0 Å². The van der Waals surface area contributed by atoms with Gasteiger partial charge < -0.3 is 10.2 Å². The smallest absolute Gasteiger partial charge is 0.123 e. The molecule has 116 valence electrons. The topological polar surface area (TPSA) is 18.5 Å². The summed E-state index contributed by atoms with van der Waals surface area (Å²) >= 11 is 0. The molecule has 3 rings (SSSR count). The van der Waals surface area contributed by atoms with E-state index in [1.165, 1.54) is 31.5 Å². The molecule has 2 atom stereocenters. The zero-order valence-corrected chi connectivity index (χ0v) is 13.1. The zero-order chi connectivity index (χ0) is 14.8. The SMILES string of the molecule is CNCc1cc(F)ccc1N1CC2CCCCN2CC1C. The molecule has 1 N–H and O–H groups in total. The number of piperidine rings is 1. The van der Waals surface area contributed by atoms with Gasteiger partial charge in [0, 0.05) is 37.4 Å². The Hall–Kier alpha value is -1.13. The summed E-state index contributed by atoms with van der Waals surface area (Å²) in [5, 5.41) is 3.16. The van der Waals surface area contributed by atoms with Crippen LogP contribution in [-0.4, -0.2) is 43.7 Å². The molecule has 2 heterocycles. The Labute approximate surface area is 127 Å². The normalized spacial score (nSPS) is 26.7. The molecule has 4 heteroatoms. The number of halogens is 1. The van der Waals surface area contributed by atoms with Crippen molar-refractivity contribution in [2.75, 3.05) is 31.6 Å². The fourth-order valence-corrected chi connectivity index (χ4v) is 3.85. The van der Waals surface area contributed by atoms with E-state index in [9.17, 15) is 4.39 Å². The fourth-order valence-electron chi connectivity index (χ4n) is 3.85. The lowest BCUT2D eigenvalue weighted by atomic mass is 9.96. The summed E-state index contributed by atoms with van der Waals surface area (Å²) in [5.74, 6) is -0.145. The van der Waals surface area contributed by atoms with E-state index >= 15 is 0 Å². The Balaban J connectivity index is 1.85. The lowest BCUT2D eigenvalue weighted by Gasteiger charge is -2.49. The first-order valence-corrected chi connectivity index (χ1v) is 8.12. The molecule has 0 aliphatic carbocycles. The van der Waals surface area contributed by atoms with Crippen LogP contribution in [0.1, 0.15) is 31.7 Å². The number of nitrogens with zero attached hydrogens (tertiary/aromatic N) is 2. The minimum atomic E-state index is -0.145. The van der Waals surface area contributed by atoms with E-state index in [0.29, 0.717) is 18.6 Å². The lowest BCUT2D eigenvalue weighted by Crippen LogP contribution is -2.59. The van der Waals surface area contributed by atoms with E-state index in [4.69, 9.17) is 0 Å². The van der Waals surface area contributed by atoms with Crippen LogP contribution in [0.2, 0.25) is 0 Å². The van der Waals surface area contributed by atoms with Crippen LogP contribution in [0.4, 0.5) is 10.1 Å². The van der Waals surface area contributed by atoms with Crippen molar-refractivity contribution in [1.82, 2.24) is 10.2 Å². The summed E-state index contributed by atoms with van der Waals surface area (Å²) in [4.78, 5) is 5.13. The number of anilines is 1. The Morgan fingerprint density at radius 2 is 2.14 bits per heavy atom. The van der Waals surface area contributed by atoms with Gasteiger partial charge in [-0.2, -0.15) is 0 Å². The predicted octanol–water partition coefficient (Wildman–Crippen LogP) is 2.61. The van der Waals surface area contributed by atoms with Gasteiger partial charge in [0.25, 0.3) is 0 Å². The fraction of sp³-hybridized carbons (Fsp3) is 0.647. The van der Waals surface area contributed by atoms with E-state index < -0.39 is 0 Å². The number of nitrogens with one attached hydrogen (secondary N) is 1. The van der Waals surface area contributed by atoms with E-state index in [0.717, 1.165) is 18.7 Å². The molecule has 1 aromatic carbocycles. The summed E-state index contributed by atoms with van der Waals surface area (Å²) in [6.07, 6.45) is 3.98. The van der Waals surface area contributed by atoms with Crippen molar-refractivity contribution in [3.05, 3.63) is 29.6 Å².